The Morgan fingerprint density at radius 3 is 2.68 bits per heavy atom. The Morgan fingerprint density at radius 2 is 2.00 bits per heavy atom. The van der Waals surface area contributed by atoms with Gasteiger partial charge in [0.1, 0.15) is 5.75 Å². The quantitative estimate of drug-likeness (QED) is 0.574. The van der Waals surface area contributed by atoms with Crippen LogP contribution in [0.1, 0.15) is 15.9 Å². The van der Waals surface area contributed by atoms with Crippen LogP contribution in [-0.2, 0) is 0 Å². The van der Waals surface area contributed by atoms with Crippen molar-refractivity contribution in [1.29, 1.82) is 0 Å². The first-order valence-corrected chi connectivity index (χ1v) is 6.99. The number of amides is 1. The van der Waals surface area contributed by atoms with Gasteiger partial charge >= 0.3 is 0 Å². The largest absolute Gasteiger partial charge is 0.507 e. The minimum absolute atomic E-state index is 0.0171. The lowest BCUT2D eigenvalue weighted by Gasteiger charge is -2.04. The van der Waals surface area contributed by atoms with Crippen molar-refractivity contribution >= 4 is 28.1 Å². The summed E-state index contributed by atoms with van der Waals surface area (Å²) in [5.41, 5.74) is 3.06. The Labute approximate surface area is 135 Å². The summed E-state index contributed by atoms with van der Waals surface area (Å²) in [6.07, 6.45) is 1.40. The number of benzene rings is 2. The fourth-order valence-corrected chi connectivity index (χ4v) is 2.05. The second-order valence-electron chi connectivity index (χ2n) is 4.29. The van der Waals surface area contributed by atoms with Crippen molar-refractivity contribution in [2.45, 2.75) is 0 Å². The number of halogens is 1. The Morgan fingerprint density at radius 1 is 1.23 bits per heavy atom. The van der Waals surface area contributed by atoms with Crippen LogP contribution in [0.2, 0.25) is 0 Å². The molecule has 0 aromatic heterocycles. The van der Waals surface area contributed by atoms with Gasteiger partial charge in [0.25, 0.3) is 5.91 Å². The van der Waals surface area contributed by atoms with Crippen LogP contribution in [0.15, 0.2) is 46.0 Å². The highest BCUT2D eigenvalue weighted by molar-refractivity contribution is 9.10. The molecule has 0 heterocycles. The predicted molar refractivity (Wildman–Crippen MR) is 85.5 cm³/mol. The van der Waals surface area contributed by atoms with Crippen LogP contribution in [0.25, 0.3) is 0 Å². The van der Waals surface area contributed by atoms with Gasteiger partial charge in [0, 0.05) is 4.47 Å². The number of aromatic hydroxyl groups is 2. The average Bonchev–Trinajstić information content (AvgIpc) is 2.48. The minimum Gasteiger partial charge on any atom is -0.507 e. The van der Waals surface area contributed by atoms with Crippen LogP contribution in [0.4, 0.5) is 0 Å². The molecule has 0 saturated heterocycles. The Hall–Kier alpha value is -2.54. The molecule has 22 heavy (non-hydrogen) atoms. The number of nitrogens with one attached hydrogen (secondary N) is 1. The molecule has 6 nitrogen and oxygen atoms in total. The van der Waals surface area contributed by atoms with E-state index in [9.17, 15) is 15.0 Å². The lowest BCUT2D eigenvalue weighted by Crippen LogP contribution is -2.17. The van der Waals surface area contributed by atoms with Gasteiger partial charge in [-0.2, -0.15) is 5.10 Å². The van der Waals surface area contributed by atoms with E-state index in [-0.39, 0.29) is 17.1 Å². The van der Waals surface area contributed by atoms with Gasteiger partial charge in [-0.25, -0.2) is 5.43 Å². The van der Waals surface area contributed by atoms with E-state index in [0.29, 0.717) is 15.8 Å². The van der Waals surface area contributed by atoms with Gasteiger partial charge in [-0.1, -0.05) is 15.9 Å². The molecule has 2 rings (SSSR count). The summed E-state index contributed by atoms with van der Waals surface area (Å²) in [5.74, 6) is -0.357. The van der Waals surface area contributed by atoms with E-state index in [2.05, 4.69) is 26.5 Å². The molecular formula is C15H13BrN2O4. The minimum atomic E-state index is -0.535. The molecule has 0 bridgehead atoms. The number of carbonyl (C=O) groups is 1. The summed E-state index contributed by atoms with van der Waals surface area (Å²) < 4.78 is 5.64. The van der Waals surface area contributed by atoms with Crippen molar-refractivity contribution in [2.75, 3.05) is 7.11 Å². The summed E-state index contributed by atoms with van der Waals surface area (Å²) in [6.45, 7) is 0. The maximum atomic E-state index is 11.9. The van der Waals surface area contributed by atoms with Gasteiger partial charge in [-0.15, -0.1) is 0 Å². The fraction of sp³-hybridized carbons (Fsp3) is 0.0667. The molecular weight excluding hydrogens is 352 g/mol. The highest BCUT2D eigenvalue weighted by Gasteiger charge is 2.10. The molecule has 0 aliphatic rings. The highest BCUT2D eigenvalue weighted by Crippen LogP contribution is 2.25. The standard InChI is InChI=1S/C15H13BrN2O4/c1-22-14-6-9(2-5-12(14)19)8-17-18-15(21)11-4-3-10(16)7-13(11)20/h2-8,19-20H,1H3,(H,18,21)/b17-8+. The third-order valence-corrected chi connectivity index (χ3v) is 3.28. The zero-order chi connectivity index (χ0) is 16.1. The van der Waals surface area contributed by atoms with Gasteiger partial charge < -0.3 is 14.9 Å². The molecule has 2 aromatic carbocycles. The van der Waals surface area contributed by atoms with Crippen molar-refractivity contribution in [1.82, 2.24) is 5.43 Å². The van der Waals surface area contributed by atoms with E-state index < -0.39 is 5.91 Å². The molecule has 0 aliphatic carbocycles. The van der Waals surface area contributed by atoms with Gasteiger partial charge in [-0.05, 0) is 42.0 Å². The number of hydrogen-bond acceptors (Lipinski definition) is 5. The summed E-state index contributed by atoms with van der Waals surface area (Å²) in [7, 11) is 1.44. The molecule has 0 unspecified atom stereocenters. The molecule has 0 aliphatic heterocycles. The smallest absolute Gasteiger partial charge is 0.275 e. The zero-order valence-electron chi connectivity index (χ0n) is 11.6. The van der Waals surface area contributed by atoms with Crippen LogP contribution in [0.5, 0.6) is 17.2 Å². The molecule has 0 atom stereocenters. The Bertz CT molecular complexity index is 731. The van der Waals surface area contributed by atoms with Crippen LogP contribution < -0.4 is 10.2 Å². The van der Waals surface area contributed by atoms with Crippen LogP contribution in [0, 0.1) is 0 Å². The van der Waals surface area contributed by atoms with E-state index in [1.54, 1.807) is 18.2 Å². The van der Waals surface area contributed by atoms with Gasteiger partial charge in [0.15, 0.2) is 11.5 Å². The number of phenols is 2. The maximum absolute atomic E-state index is 11.9. The topological polar surface area (TPSA) is 91.2 Å². The van der Waals surface area contributed by atoms with E-state index in [4.69, 9.17) is 4.74 Å². The first-order valence-electron chi connectivity index (χ1n) is 6.20. The first kappa shape index (κ1) is 15.8. The fourth-order valence-electron chi connectivity index (χ4n) is 1.70. The number of methoxy groups -OCH3 is 1. The number of rotatable bonds is 4. The van der Waals surface area contributed by atoms with Gasteiger partial charge in [-0.3, -0.25) is 4.79 Å². The molecule has 0 spiro atoms. The zero-order valence-corrected chi connectivity index (χ0v) is 13.2. The molecule has 0 radical (unpaired) electrons. The van der Waals surface area contributed by atoms with Crippen molar-refractivity contribution in [3.63, 3.8) is 0 Å². The number of hydrogen-bond donors (Lipinski definition) is 3. The maximum Gasteiger partial charge on any atom is 0.275 e. The van der Waals surface area contributed by atoms with E-state index >= 15 is 0 Å². The summed E-state index contributed by atoms with van der Waals surface area (Å²) in [4.78, 5) is 11.9. The SMILES string of the molecule is COc1cc(/C=N/NC(=O)c2ccc(Br)cc2O)ccc1O. The molecule has 3 N–H and O–H groups in total. The van der Waals surface area contributed by atoms with Crippen molar-refractivity contribution in [3.8, 4) is 17.2 Å². The average molecular weight is 365 g/mol. The molecule has 0 saturated carbocycles. The van der Waals surface area contributed by atoms with E-state index in [0.717, 1.165) is 0 Å². The van der Waals surface area contributed by atoms with E-state index in [1.165, 1.54) is 31.5 Å². The molecule has 7 heteroatoms. The summed E-state index contributed by atoms with van der Waals surface area (Å²) in [6, 6.07) is 9.19. The number of carbonyl (C=O) groups excluding carboxylic acids is 1. The predicted octanol–water partition coefficient (Wildman–Crippen LogP) is 2.63. The number of phenolic OH excluding ortho intramolecular Hbond substituents is 2. The van der Waals surface area contributed by atoms with Crippen LogP contribution in [-0.4, -0.2) is 29.4 Å². The van der Waals surface area contributed by atoms with Crippen LogP contribution in [0.3, 0.4) is 0 Å². The Balaban J connectivity index is 2.07. The van der Waals surface area contributed by atoms with Gasteiger partial charge in [0.05, 0.1) is 18.9 Å². The third kappa shape index (κ3) is 3.76. The van der Waals surface area contributed by atoms with Gasteiger partial charge in [0.2, 0.25) is 0 Å². The van der Waals surface area contributed by atoms with Crippen molar-refractivity contribution in [2.24, 2.45) is 5.10 Å². The summed E-state index contributed by atoms with van der Waals surface area (Å²) in [5, 5.41) is 23.0. The molecule has 114 valence electrons. The highest BCUT2D eigenvalue weighted by atomic mass is 79.9. The monoisotopic (exact) mass is 364 g/mol. The lowest BCUT2D eigenvalue weighted by molar-refractivity contribution is 0.0952. The second-order valence-corrected chi connectivity index (χ2v) is 5.21. The number of hydrazone groups is 1. The Kier molecular flexibility index (Phi) is 5.00. The molecule has 2 aromatic rings. The molecule has 1 amide bonds. The van der Waals surface area contributed by atoms with E-state index in [1.807, 2.05) is 0 Å². The second kappa shape index (κ2) is 6.95. The van der Waals surface area contributed by atoms with Crippen LogP contribution >= 0.6 is 15.9 Å². The number of ether oxygens (including phenoxy) is 1. The number of nitrogens with zero attached hydrogens (tertiary/aromatic N) is 1. The normalized spacial score (nSPS) is 10.6. The lowest BCUT2D eigenvalue weighted by atomic mass is 10.2. The first-order chi connectivity index (χ1) is 10.5. The molecule has 0 fully saturated rings. The van der Waals surface area contributed by atoms with Crippen molar-refractivity contribution in [3.05, 3.63) is 52.0 Å². The third-order valence-electron chi connectivity index (χ3n) is 2.79. The summed E-state index contributed by atoms with van der Waals surface area (Å²) >= 11 is 3.19. The van der Waals surface area contributed by atoms with Crippen molar-refractivity contribution < 1.29 is 19.7 Å².